The molecule has 0 aromatic carbocycles. The molecule has 0 radical (unpaired) electrons. The molecule has 0 spiro atoms. The fourth-order valence-corrected chi connectivity index (χ4v) is 10.7. The summed E-state index contributed by atoms with van der Waals surface area (Å²) in [6.07, 6.45) is 9.35. The SMILES string of the molecule is CC1(C)CC[C@]2(C(=O)O)[C@H](O)C[C@]3(C)C(=CC[C@H]4[C@@]5(C)CC[C@H](O)C(C)(C)[C@H]5CC[C@]43C)[C@@H]2C1. The molecule has 0 heterocycles. The van der Waals surface area contributed by atoms with Crippen LogP contribution in [0.25, 0.3) is 0 Å². The van der Waals surface area contributed by atoms with Crippen molar-refractivity contribution in [2.24, 2.45) is 50.2 Å². The predicted molar refractivity (Wildman–Crippen MR) is 134 cm³/mol. The normalized spacial score (nSPS) is 53.4. The van der Waals surface area contributed by atoms with Gasteiger partial charge < -0.3 is 15.3 Å². The molecule has 0 bridgehead atoms. The molecule has 5 aliphatic carbocycles. The number of carboxylic acid groups (broad SMARTS) is 1. The summed E-state index contributed by atoms with van der Waals surface area (Å²) >= 11 is 0. The highest BCUT2D eigenvalue weighted by Gasteiger charge is 2.71. The van der Waals surface area contributed by atoms with Crippen LogP contribution in [-0.4, -0.2) is 33.5 Å². The van der Waals surface area contributed by atoms with Gasteiger partial charge >= 0.3 is 5.97 Å². The van der Waals surface area contributed by atoms with Crippen LogP contribution in [0.3, 0.4) is 0 Å². The predicted octanol–water partition coefficient (Wildman–Crippen LogP) is 6.20. The van der Waals surface area contributed by atoms with Crippen LogP contribution in [0.2, 0.25) is 0 Å². The highest BCUT2D eigenvalue weighted by atomic mass is 16.4. The van der Waals surface area contributed by atoms with Gasteiger partial charge in [-0.25, -0.2) is 0 Å². The number of aliphatic hydroxyl groups excluding tert-OH is 2. The first-order valence-corrected chi connectivity index (χ1v) is 13.9. The first-order valence-electron chi connectivity index (χ1n) is 13.9. The minimum Gasteiger partial charge on any atom is -0.481 e. The van der Waals surface area contributed by atoms with Crippen LogP contribution in [0.15, 0.2) is 11.6 Å². The second-order valence-electron chi connectivity index (χ2n) is 15.2. The Bertz CT molecular complexity index is 919. The van der Waals surface area contributed by atoms with E-state index in [4.69, 9.17) is 0 Å². The molecule has 0 unspecified atom stereocenters. The van der Waals surface area contributed by atoms with E-state index in [1.54, 1.807) is 0 Å². The summed E-state index contributed by atoms with van der Waals surface area (Å²) in [4.78, 5) is 12.8. The van der Waals surface area contributed by atoms with E-state index in [0.29, 0.717) is 24.7 Å². The van der Waals surface area contributed by atoms with E-state index in [9.17, 15) is 20.1 Å². The molecule has 4 nitrogen and oxygen atoms in total. The van der Waals surface area contributed by atoms with Crippen molar-refractivity contribution in [3.63, 3.8) is 0 Å². The standard InChI is InChI=1S/C30H48O4/c1-25(2)14-15-30(24(33)34)19(16-25)18-8-9-21-27(5)12-11-22(31)26(3,4)20(27)10-13-28(21,6)29(18,7)17-23(30)32/h8,19-23,31-32H,9-17H2,1-7H3,(H,33,34)/t19-,20+,21-,22-,23+,27-,28+,29+,30+/m0/s1. The minimum absolute atomic E-state index is 0.0218. The van der Waals surface area contributed by atoms with Gasteiger partial charge in [0.2, 0.25) is 0 Å². The van der Waals surface area contributed by atoms with Gasteiger partial charge in [-0.1, -0.05) is 60.1 Å². The fourth-order valence-electron chi connectivity index (χ4n) is 10.7. The summed E-state index contributed by atoms with van der Waals surface area (Å²) in [5, 5.41) is 33.1. The van der Waals surface area contributed by atoms with Crippen molar-refractivity contribution < 1.29 is 20.1 Å². The second-order valence-corrected chi connectivity index (χ2v) is 15.2. The molecular formula is C30H48O4. The van der Waals surface area contributed by atoms with Gasteiger partial charge in [-0.2, -0.15) is 0 Å². The van der Waals surface area contributed by atoms with Crippen molar-refractivity contribution in [2.45, 2.75) is 118 Å². The van der Waals surface area contributed by atoms with Gasteiger partial charge in [0.1, 0.15) is 5.41 Å². The van der Waals surface area contributed by atoms with Crippen molar-refractivity contribution in [3.8, 4) is 0 Å². The molecule has 0 aromatic rings. The molecule has 0 saturated heterocycles. The molecule has 4 heteroatoms. The first-order chi connectivity index (χ1) is 15.6. The Morgan fingerprint density at radius 3 is 2.18 bits per heavy atom. The second kappa shape index (κ2) is 7.12. The van der Waals surface area contributed by atoms with Gasteiger partial charge in [-0.15, -0.1) is 0 Å². The Hall–Kier alpha value is -0.870. The Morgan fingerprint density at radius 1 is 0.853 bits per heavy atom. The lowest BCUT2D eigenvalue weighted by Gasteiger charge is -2.71. The maximum absolute atomic E-state index is 12.8. The molecule has 34 heavy (non-hydrogen) atoms. The summed E-state index contributed by atoms with van der Waals surface area (Å²) in [7, 11) is 0. The molecule has 5 aliphatic rings. The van der Waals surface area contributed by atoms with Crippen molar-refractivity contribution in [3.05, 3.63) is 11.6 Å². The topological polar surface area (TPSA) is 77.8 Å². The highest BCUT2D eigenvalue weighted by Crippen LogP contribution is 2.75. The lowest BCUT2D eigenvalue weighted by molar-refractivity contribution is -0.218. The van der Waals surface area contributed by atoms with Crippen LogP contribution in [-0.2, 0) is 4.79 Å². The molecule has 192 valence electrons. The molecule has 4 saturated carbocycles. The summed E-state index contributed by atoms with van der Waals surface area (Å²) in [6.45, 7) is 16.4. The summed E-state index contributed by atoms with van der Waals surface area (Å²) in [5.74, 6) is 0.0888. The third-order valence-electron chi connectivity index (χ3n) is 13.1. The average molecular weight is 473 g/mol. The van der Waals surface area contributed by atoms with Gasteiger partial charge in [-0.3, -0.25) is 4.79 Å². The van der Waals surface area contributed by atoms with Gasteiger partial charge in [-0.05, 0) is 103 Å². The Balaban J connectivity index is 1.63. The van der Waals surface area contributed by atoms with Crippen LogP contribution in [0, 0.1) is 50.2 Å². The van der Waals surface area contributed by atoms with E-state index in [1.165, 1.54) is 5.57 Å². The maximum Gasteiger partial charge on any atom is 0.312 e. The minimum atomic E-state index is -1.04. The number of allylic oxidation sites excluding steroid dienone is 2. The lowest BCUT2D eigenvalue weighted by atomic mass is 9.33. The smallest absolute Gasteiger partial charge is 0.312 e. The van der Waals surface area contributed by atoms with E-state index in [1.807, 2.05) is 0 Å². The van der Waals surface area contributed by atoms with Gasteiger partial charge in [0.15, 0.2) is 0 Å². The number of rotatable bonds is 1. The molecule has 3 N–H and O–H groups in total. The number of carboxylic acids is 1. The highest BCUT2D eigenvalue weighted by molar-refractivity contribution is 5.77. The molecule has 4 fully saturated rings. The molecule has 5 rings (SSSR count). The molecular weight excluding hydrogens is 424 g/mol. The number of fused-ring (bicyclic) bond motifs is 7. The average Bonchev–Trinajstić information content (AvgIpc) is 2.71. The zero-order valence-corrected chi connectivity index (χ0v) is 22.6. The van der Waals surface area contributed by atoms with E-state index in [-0.39, 0.29) is 39.1 Å². The largest absolute Gasteiger partial charge is 0.481 e. The molecule has 9 atom stereocenters. The monoisotopic (exact) mass is 472 g/mol. The summed E-state index contributed by atoms with van der Waals surface area (Å²) in [6, 6.07) is 0. The van der Waals surface area contributed by atoms with Crippen molar-refractivity contribution >= 4 is 5.97 Å². The quantitative estimate of drug-likeness (QED) is 0.397. The van der Waals surface area contributed by atoms with Crippen LogP contribution in [0.5, 0.6) is 0 Å². The third-order valence-corrected chi connectivity index (χ3v) is 13.1. The summed E-state index contributed by atoms with van der Waals surface area (Å²) < 4.78 is 0. The Kier molecular flexibility index (Phi) is 5.20. The zero-order valence-electron chi connectivity index (χ0n) is 22.6. The Labute approximate surface area is 206 Å². The van der Waals surface area contributed by atoms with Gasteiger partial charge in [0.05, 0.1) is 12.2 Å². The molecule has 0 aromatic heterocycles. The number of aliphatic hydroxyl groups is 2. The van der Waals surface area contributed by atoms with Crippen LogP contribution in [0.1, 0.15) is 106 Å². The lowest BCUT2D eigenvalue weighted by Crippen LogP contribution is -2.67. The molecule has 0 aliphatic heterocycles. The fraction of sp³-hybridized carbons (Fsp3) is 0.900. The van der Waals surface area contributed by atoms with Crippen LogP contribution >= 0.6 is 0 Å². The van der Waals surface area contributed by atoms with Crippen molar-refractivity contribution in [2.75, 3.05) is 0 Å². The van der Waals surface area contributed by atoms with E-state index in [2.05, 4.69) is 54.5 Å². The maximum atomic E-state index is 12.8. The van der Waals surface area contributed by atoms with Gasteiger partial charge in [0, 0.05) is 0 Å². The van der Waals surface area contributed by atoms with Crippen molar-refractivity contribution in [1.82, 2.24) is 0 Å². The zero-order chi connectivity index (χ0) is 25.1. The van der Waals surface area contributed by atoms with Crippen LogP contribution in [0.4, 0.5) is 0 Å². The number of carbonyl (C=O) groups is 1. The van der Waals surface area contributed by atoms with E-state index in [0.717, 1.165) is 44.9 Å². The van der Waals surface area contributed by atoms with Crippen molar-refractivity contribution in [1.29, 1.82) is 0 Å². The van der Waals surface area contributed by atoms with E-state index < -0.39 is 17.5 Å². The third kappa shape index (κ3) is 2.82. The number of hydrogen-bond acceptors (Lipinski definition) is 3. The Morgan fingerprint density at radius 2 is 1.53 bits per heavy atom. The summed E-state index contributed by atoms with van der Waals surface area (Å²) in [5.41, 5.74) is 0.295. The molecule has 0 amide bonds. The van der Waals surface area contributed by atoms with E-state index >= 15 is 0 Å². The number of hydrogen-bond donors (Lipinski definition) is 3. The first kappa shape index (κ1) is 24.8. The van der Waals surface area contributed by atoms with Crippen LogP contribution < -0.4 is 0 Å². The van der Waals surface area contributed by atoms with Gasteiger partial charge in [0.25, 0.3) is 0 Å². The number of aliphatic carboxylic acids is 1.